The maximum atomic E-state index is 5.22. The Hall–Kier alpha value is -0.160. The van der Waals surface area contributed by atoms with E-state index in [9.17, 15) is 0 Å². The third-order valence-electron chi connectivity index (χ3n) is 3.62. The van der Waals surface area contributed by atoms with E-state index in [1.807, 2.05) is 0 Å². The summed E-state index contributed by atoms with van der Waals surface area (Å²) in [7, 11) is 3.53. The van der Waals surface area contributed by atoms with E-state index >= 15 is 0 Å². The van der Waals surface area contributed by atoms with Gasteiger partial charge in [0.15, 0.2) is 0 Å². The average molecular weight is 274 g/mol. The quantitative estimate of drug-likeness (QED) is 0.552. The lowest BCUT2D eigenvalue weighted by molar-refractivity contribution is 0.0919. The Morgan fingerprint density at radius 3 is 2.11 bits per heavy atom. The molecule has 0 bridgehead atoms. The molecule has 0 heterocycles. The zero-order valence-electron chi connectivity index (χ0n) is 13.7. The number of nitrogens with zero attached hydrogens (tertiary/aromatic N) is 1. The molecule has 116 valence electrons. The van der Waals surface area contributed by atoms with Gasteiger partial charge in [-0.25, -0.2) is 0 Å². The van der Waals surface area contributed by atoms with Gasteiger partial charge in [0.25, 0.3) is 0 Å². The second-order valence-electron chi connectivity index (χ2n) is 5.66. The smallest absolute Gasteiger partial charge is 0.0589 e. The van der Waals surface area contributed by atoms with Crippen molar-refractivity contribution in [3.05, 3.63) is 0 Å². The van der Waals surface area contributed by atoms with Crippen LogP contribution in [0.5, 0.6) is 0 Å². The third-order valence-corrected chi connectivity index (χ3v) is 3.62. The molecular weight excluding hydrogens is 240 g/mol. The summed E-state index contributed by atoms with van der Waals surface area (Å²) in [5.74, 6) is 0.627. The molecule has 0 saturated heterocycles. The van der Waals surface area contributed by atoms with Crippen LogP contribution in [-0.4, -0.2) is 64.1 Å². The van der Waals surface area contributed by atoms with E-state index in [-0.39, 0.29) is 0 Å². The maximum absolute atomic E-state index is 5.22. The Labute approximate surface area is 119 Å². The van der Waals surface area contributed by atoms with Crippen LogP contribution < -0.4 is 5.32 Å². The summed E-state index contributed by atoms with van der Waals surface area (Å²) >= 11 is 0. The highest BCUT2D eigenvalue weighted by atomic mass is 16.5. The minimum Gasteiger partial charge on any atom is -0.385 e. The first-order valence-corrected chi connectivity index (χ1v) is 7.48. The van der Waals surface area contributed by atoms with E-state index < -0.39 is 0 Å². The lowest BCUT2D eigenvalue weighted by Gasteiger charge is -2.33. The van der Waals surface area contributed by atoms with E-state index in [4.69, 9.17) is 9.47 Å². The number of rotatable bonds is 12. The van der Waals surface area contributed by atoms with Crippen LogP contribution in [0.4, 0.5) is 0 Å². The van der Waals surface area contributed by atoms with Gasteiger partial charge in [0.1, 0.15) is 0 Å². The highest BCUT2D eigenvalue weighted by molar-refractivity contribution is 4.75. The first-order valence-electron chi connectivity index (χ1n) is 7.48. The monoisotopic (exact) mass is 274 g/mol. The fraction of sp³-hybridized carbons (Fsp3) is 1.00. The summed E-state index contributed by atoms with van der Waals surface area (Å²) < 4.78 is 10.4. The molecule has 4 nitrogen and oxygen atoms in total. The zero-order chi connectivity index (χ0) is 14.7. The van der Waals surface area contributed by atoms with Crippen LogP contribution in [0, 0.1) is 5.92 Å². The molecule has 0 fully saturated rings. The van der Waals surface area contributed by atoms with Crippen LogP contribution in [0.1, 0.15) is 34.1 Å². The topological polar surface area (TPSA) is 33.7 Å². The van der Waals surface area contributed by atoms with E-state index in [1.165, 1.54) is 0 Å². The van der Waals surface area contributed by atoms with Crippen molar-refractivity contribution in [2.75, 3.05) is 47.1 Å². The number of nitrogens with one attached hydrogen (secondary N) is 1. The highest BCUT2D eigenvalue weighted by Crippen LogP contribution is 2.11. The van der Waals surface area contributed by atoms with Gasteiger partial charge in [-0.1, -0.05) is 20.8 Å². The van der Waals surface area contributed by atoms with Crippen LogP contribution >= 0.6 is 0 Å². The van der Waals surface area contributed by atoms with E-state index in [2.05, 4.69) is 37.9 Å². The minimum atomic E-state index is 0.551. The summed E-state index contributed by atoms with van der Waals surface area (Å²) in [4.78, 5) is 2.51. The van der Waals surface area contributed by atoms with Crippen LogP contribution in [0.3, 0.4) is 0 Å². The summed E-state index contributed by atoms with van der Waals surface area (Å²) in [5, 5.41) is 3.52. The number of ether oxygens (including phenoxy) is 2. The lowest BCUT2D eigenvalue weighted by atomic mass is 10.0. The molecule has 0 saturated carbocycles. The zero-order valence-corrected chi connectivity index (χ0v) is 13.7. The fourth-order valence-electron chi connectivity index (χ4n) is 2.09. The molecule has 0 spiro atoms. The summed E-state index contributed by atoms with van der Waals surface area (Å²) in [6, 6.07) is 1.11. The molecule has 0 aliphatic rings. The first kappa shape index (κ1) is 18.8. The number of methoxy groups -OCH3 is 2. The Morgan fingerprint density at radius 1 is 0.947 bits per heavy atom. The van der Waals surface area contributed by atoms with E-state index in [0.717, 1.165) is 39.3 Å². The summed E-state index contributed by atoms with van der Waals surface area (Å²) in [6.45, 7) is 13.8. The van der Waals surface area contributed by atoms with Crippen LogP contribution in [-0.2, 0) is 9.47 Å². The lowest BCUT2D eigenvalue weighted by Crippen LogP contribution is -2.44. The maximum Gasteiger partial charge on any atom is 0.0589 e. The Morgan fingerprint density at radius 2 is 1.58 bits per heavy atom. The standard InChI is InChI=1S/C15H34N2O2/c1-13(2)16-12-14(3)15(4)17(9-11-19-6)8-7-10-18-5/h13-16H,7-12H2,1-6H3. The third kappa shape index (κ3) is 9.38. The van der Waals surface area contributed by atoms with Crippen molar-refractivity contribution in [3.63, 3.8) is 0 Å². The normalized spacial score (nSPS) is 15.2. The van der Waals surface area contributed by atoms with Crippen molar-refractivity contribution in [2.45, 2.75) is 46.2 Å². The Balaban J connectivity index is 4.20. The van der Waals surface area contributed by atoms with Gasteiger partial charge in [0, 0.05) is 46.0 Å². The fourth-order valence-corrected chi connectivity index (χ4v) is 2.09. The van der Waals surface area contributed by atoms with Crippen molar-refractivity contribution < 1.29 is 9.47 Å². The van der Waals surface area contributed by atoms with Gasteiger partial charge in [-0.2, -0.15) is 0 Å². The van der Waals surface area contributed by atoms with Gasteiger partial charge in [-0.15, -0.1) is 0 Å². The molecule has 1 N–H and O–H groups in total. The highest BCUT2D eigenvalue weighted by Gasteiger charge is 2.19. The number of hydrogen-bond acceptors (Lipinski definition) is 4. The summed E-state index contributed by atoms with van der Waals surface area (Å²) in [5.41, 5.74) is 0. The Kier molecular flexibility index (Phi) is 11.6. The van der Waals surface area contributed by atoms with Crippen molar-refractivity contribution in [3.8, 4) is 0 Å². The van der Waals surface area contributed by atoms with Crippen molar-refractivity contribution in [1.29, 1.82) is 0 Å². The molecular formula is C15H34N2O2. The molecule has 0 aliphatic heterocycles. The van der Waals surface area contributed by atoms with Gasteiger partial charge in [0.2, 0.25) is 0 Å². The van der Waals surface area contributed by atoms with Gasteiger partial charge >= 0.3 is 0 Å². The second-order valence-corrected chi connectivity index (χ2v) is 5.66. The average Bonchev–Trinajstić information content (AvgIpc) is 2.39. The minimum absolute atomic E-state index is 0.551. The Bertz CT molecular complexity index is 201. The predicted molar refractivity (Wildman–Crippen MR) is 81.7 cm³/mol. The SMILES string of the molecule is COCCCN(CCOC)C(C)C(C)CNC(C)C. The van der Waals surface area contributed by atoms with Crippen LogP contribution in [0.2, 0.25) is 0 Å². The van der Waals surface area contributed by atoms with Gasteiger partial charge < -0.3 is 14.8 Å². The molecule has 0 aromatic carbocycles. The van der Waals surface area contributed by atoms with Gasteiger partial charge in [-0.05, 0) is 25.8 Å². The first-order chi connectivity index (χ1) is 9.02. The molecule has 2 atom stereocenters. The van der Waals surface area contributed by atoms with E-state index in [1.54, 1.807) is 14.2 Å². The van der Waals surface area contributed by atoms with Gasteiger partial charge in [0.05, 0.1) is 6.61 Å². The van der Waals surface area contributed by atoms with Crippen molar-refractivity contribution in [2.24, 2.45) is 5.92 Å². The van der Waals surface area contributed by atoms with Crippen molar-refractivity contribution in [1.82, 2.24) is 10.2 Å². The molecule has 19 heavy (non-hydrogen) atoms. The molecule has 0 aliphatic carbocycles. The number of hydrogen-bond donors (Lipinski definition) is 1. The molecule has 2 unspecified atom stereocenters. The van der Waals surface area contributed by atoms with Crippen molar-refractivity contribution >= 4 is 0 Å². The predicted octanol–water partition coefficient (Wildman–Crippen LogP) is 1.99. The largest absolute Gasteiger partial charge is 0.385 e. The second kappa shape index (κ2) is 11.6. The molecule has 0 rings (SSSR count). The van der Waals surface area contributed by atoms with E-state index in [0.29, 0.717) is 18.0 Å². The molecule has 0 aromatic heterocycles. The molecule has 0 radical (unpaired) electrons. The van der Waals surface area contributed by atoms with Gasteiger partial charge in [-0.3, -0.25) is 4.90 Å². The molecule has 0 amide bonds. The molecule has 0 aromatic rings. The summed E-state index contributed by atoms with van der Waals surface area (Å²) in [6.07, 6.45) is 1.08. The van der Waals surface area contributed by atoms with Crippen LogP contribution in [0.15, 0.2) is 0 Å². The molecule has 4 heteroatoms. The van der Waals surface area contributed by atoms with Crippen LogP contribution in [0.25, 0.3) is 0 Å².